The molecule has 1 aromatic heterocycles. The van der Waals surface area contributed by atoms with Gasteiger partial charge in [0.15, 0.2) is 5.75 Å². The van der Waals surface area contributed by atoms with Crippen molar-refractivity contribution in [1.82, 2.24) is 9.47 Å². The molecule has 1 aliphatic heterocycles. The Morgan fingerprint density at radius 1 is 1.03 bits per heavy atom. The molecule has 0 spiro atoms. The zero-order valence-electron chi connectivity index (χ0n) is 18.4. The minimum Gasteiger partial charge on any atom is -0.494 e. The van der Waals surface area contributed by atoms with Crippen molar-refractivity contribution in [3.63, 3.8) is 0 Å². The predicted octanol–water partition coefficient (Wildman–Crippen LogP) is 4.05. The van der Waals surface area contributed by atoms with Crippen molar-refractivity contribution in [1.29, 1.82) is 0 Å². The highest BCUT2D eigenvalue weighted by Crippen LogP contribution is 2.31. The second-order valence-electron chi connectivity index (χ2n) is 8.18. The average molecular weight is 422 g/mol. The van der Waals surface area contributed by atoms with Crippen LogP contribution in [0.5, 0.6) is 11.5 Å². The van der Waals surface area contributed by atoms with E-state index in [-0.39, 0.29) is 5.43 Å². The molecule has 1 aliphatic rings. The van der Waals surface area contributed by atoms with E-state index in [1.165, 1.54) is 39.5 Å². The van der Waals surface area contributed by atoms with E-state index in [0.29, 0.717) is 23.4 Å². The summed E-state index contributed by atoms with van der Waals surface area (Å²) >= 11 is 0. The Morgan fingerprint density at radius 3 is 2.48 bits per heavy atom. The third-order valence-corrected chi connectivity index (χ3v) is 6.05. The molecule has 0 aliphatic carbocycles. The Morgan fingerprint density at radius 2 is 1.77 bits per heavy atom. The van der Waals surface area contributed by atoms with Crippen molar-refractivity contribution in [2.24, 2.45) is 7.05 Å². The average Bonchev–Trinajstić information content (AvgIpc) is 2.80. The Hall–Kier alpha value is -2.99. The first-order chi connectivity index (χ1) is 15.1. The maximum Gasteiger partial charge on any atom is 0.231 e. The lowest BCUT2D eigenvalue weighted by Gasteiger charge is -2.26. The molecule has 3 aromatic rings. The number of hydrogen-bond acceptors (Lipinski definition) is 5. The van der Waals surface area contributed by atoms with Gasteiger partial charge in [-0.25, -0.2) is 0 Å². The first-order valence-corrected chi connectivity index (χ1v) is 11.0. The van der Waals surface area contributed by atoms with Crippen LogP contribution in [-0.2, 0) is 7.05 Å². The summed E-state index contributed by atoms with van der Waals surface area (Å²) in [5.74, 6) is 1.15. The highest BCUT2D eigenvalue weighted by atomic mass is 16.5. The molecule has 0 saturated carbocycles. The number of hydrogen-bond donors (Lipinski definition) is 1. The monoisotopic (exact) mass is 421 g/mol. The molecule has 6 heteroatoms. The molecule has 164 valence electrons. The van der Waals surface area contributed by atoms with Gasteiger partial charge in [0.2, 0.25) is 5.43 Å². The molecular weight excluding hydrogens is 390 g/mol. The number of nitrogens with two attached hydrogens (primary N) is 1. The number of nitrogens with zero attached hydrogens (tertiary/aromatic N) is 2. The number of pyridine rings is 1. The molecule has 0 amide bonds. The lowest BCUT2D eigenvalue weighted by molar-refractivity contribution is 0.205. The first-order valence-electron chi connectivity index (χ1n) is 11.0. The summed E-state index contributed by atoms with van der Waals surface area (Å²) in [6.45, 7) is 4.23. The maximum absolute atomic E-state index is 13.0. The first kappa shape index (κ1) is 21.2. The van der Waals surface area contributed by atoms with E-state index in [2.05, 4.69) is 4.90 Å². The quantitative estimate of drug-likeness (QED) is 0.460. The minimum absolute atomic E-state index is 0.157. The molecule has 31 heavy (non-hydrogen) atoms. The number of anilines is 1. The molecule has 0 atom stereocenters. The van der Waals surface area contributed by atoms with Crippen molar-refractivity contribution in [3.8, 4) is 22.8 Å². The van der Waals surface area contributed by atoms with Crippen LogP contribution in [-0.4, -0.2) is 42.8 Å². The van der Waals surface area contributed by atoms with Gasteiger partial charge in [-0.2, -0.15) is 0 Å². The summed E-state index contributed by atoms with van der Waals surface area (Å²) in [6, 6.07) is 13.2. The number of ether oxygens (including phenoxy) is 2. The lowest BCUT2D eigenvalue weighted by Crippen LogP contribution is -2.31. The topological polar surface area (TPSA) is 69.7 Å². The standard InChI is InChI=1S/C25H31N3O3/c1-27-22-12-9-19(26)17-21(22)24(29)25(30-2)23(27)18-7-10-20(11-8-18)31-16-6-15-28-13-4-3-5-14-28/h7-12,17H,3-6,13-16,26H2,1-2H3. The van der Waals surface area contributed by atoms with Crippen LogP contribution in [0.4, 0.5) is 5.69 Å². The van der Waals surface area contributed by atoms with E-state index >= 15 is 0 Å². The van der Waals surface area contributed by atoms with Gasteiger partial charge >= 0.3 is 0 Å². The molecule has 0 unspecified atom stereocenters. The second kappa shape index (κ2) is 9.43. The van der Waals surface area contributed by atoms with Crippen molar-refractivity contribution < 1.29 is 9.47 Å². The van der Waals surface area contributed by atoms with Crippen LogP contribution in [0, 0.1) is 0 Å². The maximum atomic E-state index is 13.0. The van der Waals surface area contributed by atoms with Crippen molar-refractivity contribution in [2.45, 2.75) is 25.7 Å². The Kier molecular flexibility index (Phi) is 6.47. The van der Waals surface area contributed by atoms with Gasteiger partial charge < -0.3 is 24.7 Å². The highest BCUT2D eigenvalue weighted by molar-refractivity contribution is 5.88. The Bertz CT molecular complexity index is 1100. The molecule has 0 radical (unpaired) electrons. The molecule has 2 N–H and O–H groups in total. The van der Waals surface area contributed by atoms with Gasteiger partial charge in [0.25, 0.3) is 0 Å². The van der Waals surface area contributed by atoms with Gasteiger partial charge in [-0.05, 0) is 74.8 Å². The third kappa shape index (κ3) is 4.54. The number of benzene rings is 2. The van der Waals surface area contributed by atoms with Crippen LogP contribution in [0.15, 0.2) is 47.3 Å². The summed E-state index contributed by atoms with van der Waals surface area (Å²) in [7, 11) is 3.46. The van der Waals surface area contributed by atoms with Crippen LogP contribution in [0.25, 0.3) is 22.2 Å². The van der Waals surface area contributed by atoms with Gasteiger partial charge in [0.1, 0.15) is 5.75 Å². The highest BCUT2D eigenvalue weighted by Gasteiger charge is 2.18. The molecule has 2 aromatic carbocycles. The number of rotatable bonds is 7. The normalized spacial score (nSPS) is 14.6. The largest absolute Gasteiger partial charge is 0.494 e. The number of nitrogen functional groups attached to an aromatic ring is 1. The molecular formula is C25H31N3O3. The number of piperidine rings is 1. The number of likely N-dealkylation sites (tertiary alicyclic amines) is 1. The fraction of sp³-hybridized carbons (Fsp3) is 0.400. The zero-order valence-corrected chi connectivity index (χ0v) is 18.4. The lowest BCUT2D eigenvalue weighted by atomic mass is 10.1. The number of fused-ring (bicyclic) bond motifs is 1. The van der Waals surface area contributed by atoms with E-state index < -0.39 is 0 Å². The molecule has 0 bridgehead atoms. The van der Waals surface area contributed by atoms with Crippen LogP contribution < -0.4 is 20.6 Å². The Balaban J connectivity index is 1.51. The molecule has 1 saturated heterocycles. The van der Waals surface area contributed by atoms with Crippen molar-refractivity contribution >= 4 is 16.6 Å². The fourth-order valence-corrected chi connectivity index (χ4v) is 4.41. The van der Waals surface area contributed by atoms with Crippen LogP contribution >= 0.6 is 0 Å². The van der Waals surface area contributed by atoms with Gasteiger partial charge in [-0.1, -0.05) is 6.42 Å². The van der Waals surface area contributed by atoms with Gasteiger partial charge in [-0.3, -0.25) is 4.79 Å². The number of methoxy groups -OCH3 is 1. The van der Waals surface area contributed by atoms with E-state index in [1.807, 2.05) is 41.9 Å². The van der Waals surface area contributed by atoms with Crippen LogP contribution in [0.2, 0.25) is 0 Å². The number of aromatic nitrogens is 1. The minimum atomic E-state index is -0.157. The van der Waals surface area contributed by atoms with Gasteiger partial charge in [0, 0.05) is 24.8 Å². The summed E-state index contributed by atoms with van der Waals surface area (Å²) < 4.78 is 13.4. The van der Waals surface area contributed by atoms with E-state index in [9.17, 15) is 4.79 Å². The van der Waals surface area contributed by atoms with E-state index in [1.54, 1.807) is 12.1 Å². The molecule has 6 nitrogen and oxygen atoms in total. The van der Waals surface area contributed by atoms with E-state index in [0.717, 1.165) is 35.5 Å². The predicted molar refractivity (Wildman–Crippen MR) is 126 cm³/mol. The molecule has 4 rings (SSSR count). The summed E-state index contributed by atoms with van der Waals surface area (Å²) in [5.41, 5.74) is 8.74. The molecule has 2 heterocycles. The van der Waals surface area contributed by atoms with E-state index in [4.69, 9.17) is 15.2 Å². The van der Waals surface area contributed by atoms with Gasteiger partial charge in [-0.15, -0.1) is 0 Å². The van der Waals surface area contributed by atoms with Crippen molar-refractivity contribution in [3.05, 3.63) is 52.7 Å². The summed E-state index contributed by atoms with van der Waals surface area (Å²) in [6.07, 6.45) is 5.02. The van der Waals surface area contributed by atoms with Crippen LogP contribution in [0.3, 0.4) is 0 Å². The third-order valence-electron chi connectivity index (χ3n) is 6.05. The Labute approximate surface area is 183 Å². The fourth-order valence-electron chi connectivity index (χ4n) is 4.41. The SMILES string of the molecule is COc1c(-c2ccc(OCCCN3CCCCC3)cc2)n(C)c2ccc(N)cc2c1=O. The smallest absolute Gasteiger partial charge is 0.231 e. The molecule has 1 fully saturated rings. The second-order valence-corrected chi connectivity index (χ2v) is 8.18. The summed E-state index contributed by atoms with van der Waals surface area (Å²) in [4.78, 5) is 15.5. The van der Waals surface area contributed by atoms with Crippen LogP contribution in [0.1, 0.15) is 25.7 Å². The summed E-state index contributed by atoms with van der Waals surface area (Å²) in [5, 5.41) is 0.553. The number of aryl methyl sites for hydroxylation is 1. The van der Waals surface area contributed by atoms with Gasteiger partial charge in [0.05, 0.1) is 30.3 Å². The van der Waals surface area contributed by atoms with Crippen molar-refractivity contribution in [2.75, 3.05) is 39.1 Å². The zero-order chi connectivity index (χ0) is 21.8.